The van der Waals surface area contributed by atoms with Crippen molar-refractivity contribution in [1.82, 2.24) is 9.78 Å². The molecule has 0 saturated heterocycles. The third-order valence-corrected chi connectivity index (χ3v) is 3.57. The van der Waals surface area contributed by atoms with Gasteiger partial charge in [0.2, 0.25) is 0 Å². The smallest absolute Gasteiger partial charge is 0.156 e. The number of fused-ring (bicyclic) bond motifs is 1. The first-order chi connectivity index (χ1) is 10.2. The molecule has 2 heterocycles. The van der Waals surface area contributed by atoms with Gasteiger partial charge in [-0.2, -0.15) is 5.10 Å². The summed E-state index contributed by atoms with van der Waals surface area (Å²) in [5.74, 6) is 0.646. The van der Waals surface area contributed by atoms with Gasteiger partial charge in [0.05, 0.1) is 5.56 Å². The minimum Gasteiger partial charge on any atom is -0.454 e. The number of benzene rings is 1. The fraction of sp³-hybridized carbons (Fsp3) is 0.294. The van der Waals surface area contributed by atoms with E-state index in [9.17, 15) is 4.79 Å². The van der Waals surface area contributed by atoms with Crippen molar-refractivity contribution in [2.24, 2.45) is 0 Å². The molecule has 4 heteroatoms. The number of unbranched alkanes of at least 4 members (excludes halogenated alkanes) is 1. The molecular formula is C17H18N2O2. The molecular weight excluding hydrogens is 264 g/mol. The summed E-state index contributed by atoms with van der Waals surface area (Å²) < 4.78 is 7.68. The Morgan fingerprint density at radius 1 is 1.33 bits per heavy atom. The van der Waals surface area contributed by atoms with Crippen molar-refractivity contribution in [3.8, 4) is 11.5 Å². The quantitative estimate of drug-likeness (QED) is 0.658. The van der Waals surface area contributed by atoms with E-state index in [0.717, 1.165) is 42.2 Å². The topological polar surface area (TPSA) is 48.0 Å². The Morgan fingerprint density at radius 2 is 2.19 bits per heavy atom. The van der Waals surface area contributed by atoms with Gasteiger partial charge in [0.15, 0.2) is 12.0 Å². The van der Waals surface area contributed by atoms with Crippen LogP contribution < -0.4 is 0 Å². The molecule has 0 radical (unpaired) electrons. The SMILES string of the molecule is CCCCn1cc(C=O)c(-c2cc3ccc(C)cc3o2)n1. The molecule has 0 saturated carbocycles. The number of hydrogen-bond donors (Lipinski definition) is 0. The van der Waals surface area contributed by atoms with Crippen molar-refractivity contribution >= 4 is 17.3 Å². The molecule has 3 aromatic rings. The van der Waals surface area contributed by atoms with Gasteiger partial charge in [-0.3, -0.25) is 9.48 Å². The summed E-state index contributed by atoms with van der Waals surface area (Å²) in [6.07, 6.45) is 4.76. The van der Waals surface area contributed by atoms with Crippen LogP contribution >= 0.6 is 0 Å². The number of aryl methyl sites for hydroxylation is 2. The third-order valence-electron chi connectivity index (χ3n) is 3.57. The maximum atomic E-state index is 11.3. The zero-order valence-electron chi connectivity index (χ0n) is 12.3. The van der Waals surface area contributed by atoms with Gasteiger partial charge in [-0.05, 0) is 31.0 Å². The van der Waals surface area contributed by atoms with Gasteiger partial charge in [0, 0.05) is 18.1 Å². The lowest BCUT2D eigenvalue weighted by molar-refractivity contribution is 0.112. The Balaban J connectivity index is 2.04. The van der Waals surface area contributed by atoms with Crippen LogP contribution in [0.3, 0.4) is 0 Å². The van der Waals surface area contributed by atoms with E-state index in [1.807, 2.05) is 35.9 Å². The Labute approximate surface area is 123 Å². The standard InChI is InChI=1S/C17H18N2O2/c1-3-4-7-19-10-14(11-20)17(18-19)16-9-13-6-5-12(2)8-15(13)21-16/h5-6,8-11H,3-4,7H2,1-2H3. The number of aldehydes is 1. The molecule has 4 nitrogen and oxygen atoms in total. The van der Waals surface area contributed by atoms with Gasteiger partial charge in [0.25, 0.3) is 0 Å². The fourth-order valence-electron chi connectivity index (χ4n) is 2.40. The number of carbonyl (C=O) groups excluding carboxylic acids is 1. The van der Waals surface area contributed by atoms with Gasteiger partial charge in [-0.1, -0.05) is 25.5 Å². The Bertz CT molecular complexity index is 783. The van der Waals surface area contributed by atoms with Crippen LogP contribution in [0.25, 0.3) is 22.4 Å². The molecule has 0 N–H and O–H groups in total. The van der Waals surface area contributed by atoms with E-state index in [1.54, 1.807) is 6.20 Å². The summed E-state index contributed by atoms with van der Waals surface area (Å²) in [6, 6.07) is 8.00. The summed E-state index contributed by atoms with van der Waals surface area (Å²) in [5, 5.41) is 5.52. The number of rotatable bonds is 5. The van der Waals surface area contributed by atoms with E-state index in [4.69, 9.17) is 4.42 Å². The molecule has 0 aliphatic rings. The monoisotopic (exact) mass is 282 g/mol. The predicted octanol–water partition coefficient (Wildman–Crippen LogP) is 4.22. The summed E-state index contributed by atoms with van der Waals surface area (Å²) in [6.45, 7) is 4.97. The maximum absolute atomic E-state index is 11.3. The molecule has 0 amide bonds. The first kappa shape index (κ1) is 13.6. The lowest BCUT2D eigenvalue weighted by Gasteiger charge is -1.97. The van der Waals surface area contributed by atoms with Crippen molar-refractivity contribution in [2.75, 3.05) is 0 Å². The summed E-state index contributed by atoms with van der Waals surface area (Å²) in [5.41, 5.74) is 3.16. The summed E-state index contributed by atoms with van der Waals surface area (Å²) >= 11 is 0. The second-order valence-corrected chi connectivity index (χ2v) is 5.32. The predicted molar refractivity (Wildman–Crippen MR) is 82.5 cm³/mol. The van der Waals surface area contributed by atoms with E-state index in [-0.39, 0.29) is 0 Å². The van der Waals surface area contributed by atoms with Crippen LogP contribution in [0.2, 0.25) is 0 Å². The van der Waals surface area contributed by atoms with Gasteiger partial charge < -0.3 is 4.42 Å². The molecule has 0 fully saturated rings. The van der Waals surface area contributed by atoms with Crippen molar-refractivity contribution in [3.63, 3.8) is 0 Å². The van der Waals surface area contributed by atoms with Crippen molar-refractivity contribution in [1.29, 1.82) is 0 Å². The average Bonchev–Trinajstić information content (AvgIpc) is 3.07. The van der Waals surface area contributed by atoms with E-state index >= 15 is 0 Å². The molecule has 0 atom stereocenters. The van der Waals surface area contributed by atoms with E-state index in [0.29, 0.717) is 17.0 Å². The largest absolute Gasteiger partial charge is 0.454 e. The highest BCUT2D eigenvalue weighted by molar-refractivity contribution is 5.88. The van der Waals surface area contributed by atoms with Crippen LogP contribution in [0.1, 0.15) is 35.7 Å². The number of aromatic nitrogens is 2. The Kier molecular flexibility index (Phi) is 3.60. The highest BCUT2D eigenvalue weighted by atomic mass is 16.3. The number of furan rings is 1. The van der Waals surface area contributed by atoms with Crippen LogP contribution in [0, 0.1) is 6.92 Å². The van der Waals surface area contributed by atoms with Gasteiger partial charge in [0.1, 0.15) is 11.3 Å². The van der Waals surface area contributed by atoms with Crippen molar-refractivity contribution < 1.29 is 9.21 Å². The number of nitrogens with zero attached hydrogens (tertiary/aromatic N) is 2. The molecule has 0 aliphatic carbocycles. The minimum atomic E-state index is 0.571. The zero-order valence-corrected chi connectivity index (χ0v) is 12.3. The third kappa shape index (κ3) is 2.61. The Morgan fingerprint density at radius 3 is 2.95 bits per heavy atom. The highest BCUT2D eigenvalue weighted by Gasteiger charge is 2.15. The lowest BCUT2D eigenvalue weighted by atomic mass is 10.2. The van der Waals surface area contributed by atoms with Crippen LogP contribution in [0.15, 0.2) is 34.9 Å². The summed E-state index contributed by atoms with van der Waals surface area (Å²) in [4.78, 5) is 11.3. The molecule has 0 bridgehead atoms. The molecule has 1 aromatic carbocycles. The highest BCUT2D eigenvalue weighted by Crippen LogP contribution is 2.29. The second kappa shape index (κ2) is 5.56. The van der Waals surface area contributed by atoms with Crippen LogP contribution in [-0.2, 0) is 6.54 Å². The minimum absolute atomic E-state index is 0.571. The molecule has 0 spiro atoms. The normalized spacial score (nSPS) is 11.1. The number of carbonyl (C=O) groups is 1. The number of hydrogen-bond acceptors (Lipinski definition) is 3. The molecule has 21 heavy (non-hydrogen) atoms. The molecule has 0 unspecified atom stereocenters. The van der Waals surface area contributed by atoms with Crippen LogP contribution in [0.5, 0.6) is 0 Å². The van der Waals surface area contributed by atoms with Gasteiger partial charge >= 0.3 is 0 Å². The first-order valence-electron chi connectivity index (χ1n) is 7.24. The van der Waals surface area contributed by atoms with Crippen molar-refractivity contribution in [2.45, 2.75) is 33.2 Å². The molecule has 108 valence electrons. The zero-order chi connectivity index (χ0) is 14.8. The van der Waals surface area contributed by atoms with Crippen molar-refractivity contribution in [3.05, 3.63) is 41.6 Å². The van der Waals surface area contributed by atoms with Gasteiger partial charge in [-0.25, -0.2) is 0 Å². The Hall–Kier alpha value is -2.36. The van der Waals surface area contributed by atoms with E-state index in [2.05, 4.69) is 12.0 Å². The lowest BCUT2D eigenvalue weighted by Crippen LogP contribution is -1.97. The molecule has 3 rings (SSSR count). The maximum Gasteiger partial charge on any atom is 0.156 e. The summed E-state index contributed by atoms with van der Waals surface area (Å²) in [7, 11) is 0. The van der Waals surface area contributed by atoms with Gasteiger partial charge in [-0.15, -0.1) is 0 Å². The average molecular weight is 282 g/mol. The molecule has 2 aromatic heterocycles. The van der Waals surface area contributed by atoms with Crippen LogP contribution in [0.4, 0.5) is 0 Å². The molecule has 0 aliphatic heterocycles. The van der Waals surface area contributed by atoms with E-state index in [1.165, 1.54) is 0 Å². The first-order valence-corrected chi connectivity index (χ1v) is 7.24. The second-order valence-electron chi connectivity index (χ2n) is 5.32. The fourth-order valence-corrected chi connectivity index (χ4v) is 2.40. The van der Waals surface area contributed by atoms with E-state index < -0.39 is 0 Å². The van der Waals surface area contributed by atoms with Crippen LogP contribution in [-0.4, -0.2) is 16.1 Å².